The van der Waals surface area contributed by atoms with Gasteiger partial charge in [-0.1, -0.05) is 5.16 Å². The summed E-state index contributed by atoms with van der Waals surface area (Å²) in [6.07, 6.45) is 0.534. The van der Waals surface area contributed by atoms with Gasteiger partial charge in [0.05, 0.1) is 5.69 Å². The minimum Gasteiger partial charge on any atom is -0.476 e. The molecule has 1 aromatic carbocycles. The van der Waals surface area contributed by atoms with Crippen molar-refractivity contribution in [2.24, 2.45) is 10.3 Å². The van der Waals surface area contributed by atoms with Crippen LogP contribution in [0.3, 0.4) is 0 Å². The van der Waals surface area contributed by atoms with Crippen LogP contribution in [0.1, 0.15) is 0 Å². The van der Waals surface area contributed by atoms with Gasteiger partial charge in [-0.05, 0) is 12.1 Å². The van der Waals surface area contributed by atoms with Crippen molar-refractivity contribution >= 4 is 23.6 Å². The van der Waals surface area contributed by atoms with Crippen LogP contribution in [0, 0.1) is 11.6 Å². The van der Waals surface area contributed by atoms with E-state index in [1.165, 1.54) is 0 Å². The van der Waals surface area contributed by atoms with Gasteiger partial charge in [0.15, 0.2) is 5.71 Å². The molecular formula is C9H7F2N3O3. The van der Waals surface area contributed by atoms with Crippen LogP contribution in [-0.4, -0.2) is 28.2 Å². The Bertz CT molecular complexity index is 488. The highest BCUT2D eigenvalue weighted by atomic mass is 19.1. The van der Waals surface area contributed by atoms with Crippen LogP contribution >= 0.6 is 0 Å². The molecule has 0 unspecified atom stereocenters. The lowest BCUT2D eigenvalue weighted by Crippen LogP contribution is -2.16. The second-order valence-electron chi connectivity index (χ2n) is 2.78. The molecule has 0 saturated carbocycles. The number of halogens is 2. The predicted molar refractivity (Wildman–Crippen MR) is 55.3 cm³/mol. The number of carbonyl (C=O) groups is 1. The van der Waals surface area contributed by atoms with Crippen LogP contribution in [0.25, 0.3) is 0 Å². The lowest BCUT2D eigenvalue weighted by molar-refractivity contribution is -0.129. The molecule has 1 aromatic rings. The molecule has 90 valence electrons. The number of aliphatic carboxylic acids is 1. The maximum Gasteiger partial charge on any atom is 0.358 e. The normalized spacial score (nSPS) is 11.8. The Morgan fingerprint density at radius 1 is 1.41 bits per heavy atom. The topological polar surface area (TPSA) is 94.3 Å². The molecule has 0 saturated heterocycles. The Labute approximate surface area is 93.9 Å². The third-order valence-electron chi connectivity index (χ3n) is 1.62. The second kappa shape index (κ2) is 5.54. The highest BCUT2D eigenvalue weighted by Crippen LogP contribution is 2.14. The molecule has 0 bridgehead atoms. The number of anilines is 1. The van der Waals surface area contributed by atoms with E-state index in [9.17, 15) is 13.6 Å². The second-order valence-corrected chi connectivity index (χ2v) is 2.78. The number of carboxylic acids is 1. The monoisotopic (exact) mass is 243 g/mol. The van der Waals surface area contributed by atoms with Crippen LogP contribution in [0.4, 0.5) is 14.5 Å². The van der Waals surface area contributed by atoms with Crippen molar-refractivity contribution in [3.8, 4) is 0 Å². The molecule has 0 spiro atoms. The van der Waals surface area contributed by atoms with Gasteiger partial charge >= 0.3 is 5.97 Å². The minimum atomic E-state index is -1.49. The van der Waals surface area contributed by atoms with Crippen LogP contribution in [0.5, 0.6) is 0 Å². The first-order chi connectivity index (χ1) is 8.04. The zero-order chi connectivity index (χ0) is 12.8. The number of nitrogens with one attached hydrogen (secondary N) is 1. The van der Waals surface area contributed by atoms with Gasteiger partial charge in [-0.15, -0.1) is 0 Å². The number of benzene rings is 1. The Morgan fingerprint density at radius 3 is 2.71 bits per heavy atom. The number of hydrogen-bond acceptors (Lipinski definition) is 5. The highest BCUT2D eigenvalue weighted by Gasteiger charge is 2.08. The summed E-state index contributed by atoms with van der Waals surface area (Å²) in [4.78, 5) is 10.5. The molecule has 0 heterocycles. The van der Waals surface area contributed by atoms with E-state index in [1.807, 2.05) is 5.43 Å². The van der Waals surface area contributed by atoms with Crippen molar-refractivity contribution in [2.75, 3.05) is 5.43 Å². The number of hydrogen-bond donors (Lipinski definition) is 3. The third-order valence-corrected chi connectivity index (χ3v) is 1.62. The van der Waals surface area contributed by atoms with E-state index in [2.05, 4.69) is 10.3 Å². The molecule has 0 aromatic heterocycles. The molecule has 8 heteroatoms. The number of nitrogens with zero attached hydrogens (tertiary/aromatic N) is 2. The average molecular weight is 243 g/mol. The molecule has 17 heavy (non-hydrogen) atoms. The Hall–Kier alpha value is -2.51. The maximum atomic E-state index is 13.1. The summed E-state index contributed by atoms with van der Waals surface area (Å²) >= 11 is 0. The van der Waals surface area contributed by atoms with Crippen LogP contribution in [-0.2, 0) is 4.79 Å². The van der Waals surface area contributed by atoms with Crippen LogP contribution in [0.2, 0.25) is 0 Å². The molecule has 0 amide bonds. The number of rotatable bonds is 4. The third kappa shape index (κ3) is 3.52. The smallest absolute Gasteiger partial charge is 0.358 e. The summed E-state index contributed by atoms with van der Waals surface area (Å²) in [6, 6.07) is 2.56. The predicted octanol–water partition coefficient (Wildman–Crippen LogP) is 1.28. The van der Waals surface area contributed by atoms with Crippen molar-refractivity contribution < 1.29 is 23.9 Å². The van der Waals surface area contributed by atoms with Crippen molar-refractivity contribution in [1.82, 2.24) is 0 Å². The van der Waals surface area contributed by atoms with Gasteiger partial charge in [0.2, 0.25) is 0 Å². The van der Waals surface area contributed by atoms with Gasteiger partial charge in [0.1, 0.15) is 17.8 Å². The molecule has 3 N–H and O–H groups in total. The number of hydrazone groups is 1. The van der Waals surface area contributed by atoms with Crippen LogP contribution < -0.4 is 5.43 Å². The lowest BCUT2D eigenvalue weighted by atomic mass is 10.3. The zero-order valence-corrected chi connectivity index (χ0v) is 8.26. The molecule has 6 nitrogen and oxygen atoms in total. The largest absolute Gasteiger partial charge is 0.476 e. The fourth-order valence-corrected chi connectivity index (χ4v) is 0.890. The molecule has 0 aliphatic rings. The SMILES string of the molecule is O=C(O)C(/C=N/O)=N/Nc1cc(F)ccc1F. The molecular weight excluding hydrogens is 236 g/mol. The fourth-order valence-electron chi connectivity index (χ4n) is 0.890. The summed E-state index contributed by atoms with van der Waals surface area (Å²) in [6.45, 7) is 0. The maximum absolute atomic E-state index is 13.1. The van der Waals surface area contributed by atoms with Crippen molar-refractivity contribution in [1.29, 1.82) is 0 Å². The first kappa shape index (κ1) is 12.6. The Morgan fingerprint density at radius 2 is 2.12 bits per heavy atom. The Balaban J connectivity index is 2.94. The van der Waals surface area contributed by atoms with Gasteiger partial charge in [-0.25, -0.2) is 13.6 Å². The van der Waals surface area contributed by atoms with E-state index in [-0.39, 0.29) is 5.69 Å². The highest BCUT2D eigenvalue weighted by molar-refractivity contribution is 6.58. The summed E-state index contributed by atoms with van der Waals surface area (Å²) in [7, 11) is 0. The van der Waals surface area contributed by atoms with E-state index in [1.54, 1.807) is 0 Å². The molecule has 1 rings (SSSR count). The van der Waals surface area contributed by atoms with E-state index in [4.69, 9.17) is 10.3 Å². The molecule has 0 aliphatic heterocycles. The number of carboxylic acid groups (broad SMARTS) is 1. The first-order valence-corrected chi connectivity index (χ1v) is 4.24. The lowest BCUT2D eigenvalue weighted by Gasteiger charge is -2.02. The molecule has 0 radical (unpaired) electrons. The van der Waals surface area contributed by atoms with E-state index in [0.29, 0.717) is 6.21 Å². The minimum absolute atomic E-state index is 0.338. The van der Waals surface area contributed by atoms with E-state index >= 15 is 0 Å². The quantitative estimate of drug-likeness (QED) is 0.421. The van der Waals surface area contributed by atoms with Crippen LogP contribution in [0.15, 0.2) is 28.5 Å². The number of oxime groups is 1. The van der Waals surface area contributed by atoms with E-state index < -0.39 is 23.3 Å². The zero-order valence-electron chi connectivity index (χ0n) is 8.26. The van der Waals surface area contributed by atoms with Crippen molar-refractivity contribution in [2.45, 2.75) is 0 Å². The summed E-state index contributed by atoms with van der Waals surface area (Å²) in [5, 5.41) is 22.4. The van der Waals surface area contributed by atoms with E-state index in [0.717, 1.165) is 18.2 Å². The summed E-state index contributed by atoms with van der Waals surface area (Å²) in [5.41, 5.74) is 1.00. The summed E-state index contributed by atoms with van der Waals surface area (Å²) < 4.78 is 25.8. The molecule has 0 aliphatic carbocycles. The Kier molecular flexibility index (Phi) is 4.09. The van der Waals surface area contributed by atoms with Crippen molar-refractivity contribution in [3.05, 3.63) is 29.8 Å². The average Bonchev–Trinajstić information content (AvgIpc) is 2.28. The fraction of sp³-hybridized carbons (Fsp3) is 0. The van der Waals surface area contributed by atoms with Gasteiger partial charge in [0.25, 0.3) is 0 Å². The molecule has 0 fully saturated rings. The standard InChI is InChI=1S/C9H7F2N3O3/c10-5-1-2-6(11)7(3-5)13-14-8(4-12-17)9(15)16/h1-4,13,17H,(H,15,16)/b12-4+,14-8+. The van der Waals surface area contributed by atoms with Crippen molar-refractivity contribution in [3.63, 3.8) is 0 Å². The molecule has 0 atom stereocenters. The van der Waals surface area contributed by atoms with Gasteiger partial charge in [-0.2, -0.15) is 5.10 Å². The van der Waals surface area contributed by atoms with Gasteiger partial charge < -0.3 is 10.3 Å². The summed E-state index contributed by atoms with van der Waals surface area (Å²) in [5.74, 6) is -3.01. The van der Waals surface area contributed by atoms with Gasteiger partial charge in [0, 0.05) is 6.07 Å². The first-order valence-electron chi connectivity index (χ1n) is 4.24. The van der Waals surface area contributed by atoms with Gasteiger partial charge in [-0.3, -0.25) is 5.43 Å².